The van der Waals surface area contributed by atoms with Crippen molar-refractivity contribution in [1.82, 2.24) is 0 Å². The van der Waals surface area contributed by atoms with Gasteiger partial charge in [0, 0.05) is 0 Å². The fraction of sp³-hybridized carbons (Fsp3) is 1.00. The fourth-order valence-corrected chi connectivity index (χ4v) is 0.409. The lowest BCUT2D eigenvalue weighted by Gasteiger charge is -2.19. The number of alkyl halides is 3. The molecule has 0 radical (unpaired) electrons. The Morgan fingerprint density at radius 3 is 2.18 bits per heavy atom. The largest absolute Gasteiger partial charge is 0.414 e. The fourth-order valence-electron chi connectivity index (χ4n) is 0.409. The molecule has 0 aliphatic heterocycles. The summed E-state index contributed by atoms with van der Waals surface area (Å²) in [5.74, 6) is 0. The summed E-state index contributed by atoms with van der Waals surface area (Å²) in [5, 5.41) is 8.67. The Balaban J connectivity index is 3.77. The van der Waals surface area contributed by atoms with Gasteiger partial charge in [0.2, 0.25) is 0 Å². The van der Waals surface area contributed by atoms with Gasteiger partial charge in [0.05, 0.1) is 0 Å². The number of ether oxygens (including phenoxy) is 1. The summed E-state index contributed by atoms with van der Waals surface area (Å²) in [4.78, 5) is 0. The summed E-state index contributed by atoms with van der Waals surface area (Å²) < 4.78 is 39.3. The predicted molar refractivity (Wildman–Crippen MR) is 32.9 cm³/mol. The van der Waals surface area contributed by atoms with E-state index in [4.69, 9.17) is 5.11 Å². The third-order valence-electron chi connectivity index (χ3n) is 1.17. The third-order valence-corrected chi connectivity index (χ3v) is 1.17. The highest BCUT2D eigenvalue weighted by Crippen LogP contribution is 2.23. The molecule has 0 aromatic rings. The summed E-state index contributed by atoms with van der Waals surface area (Å²) in [5.41, 5.74) is 0. The second-order valence-corrected chi connectivity index (χ2v) is 2.18. The topological polar surface area (TPSA) is 29.5 Å². The van der Waals surface area contributed by atoms with E-state index in [1.165, 1.54) is 6.92 Å². The van der Waals surface area contributed by atoms with Crippen LogP contribution in [0.2, 0.25) is 0 Å². The molecular weight excluding hydrogens is 161 g/mol. The first kappa shape index (κ1) is 10.7. The molecule has 0 rings (SSSR count). The lowest BCUT2D eigenvalue weighted by molar-refractivity contribution is -0.256. The smallest absolute Gasteiger partial charge is 0.368 e. The van der Waals surface area contributed by atoms with Crippen LogP contribution in [0.15, 0.2) is 0 Å². The molecule has 0 bridgehead atoms. The zero-order valence-electron chi connectivity index (χ0n) is 6.35. The van der Waals surface area contributed by atoms with Crippen molar-refractivity contribution in [3.63, 3.8) is 0 Å². The molecule has 2 unspecified atom stereocenters. The van der Waals surface area contributed by atoms with Crippen molar-refractivity contribution in [2.75, 3.05) is 0 Å². The van der Waals surface area contributed by atoms with Crippen molar-refractivity contribution < 1.29 is 23.0 Å². The van der Waals surface area contributed by atoms with E-state index in [-0.39, 0.29) is 6.42 Å². The van der Waals surface area contributed by atoms with Crippen LogP contribution in [0.3, 0.4) is 0 Å². The number of aliphatic hydroxyl groups excluding tert-OH is 1. The highest BCUT2D eigenvalue weighted by molar-refractivity contribution is 4.60. The Kier molecular flexibility index (Phi) is 3.82. The molecule has 0 spiro atoms. The number of hydrogen-bond donors (Lipinski definition) is 1. The molecule has 0 heterocycles. The molecule has 0 saturated heterocycles. The Bertz CT molecular complexity index is 113. The Morgan fingerprint density at radius 1 is 1.45 bits per heavy atom. The maximum atomic E-state index is 11.7. The van der Waals surface area contributed by atoms with E-state index in [1.54, 1.807) is 0 Å². The summed E-state index contributed by atoms with van der Waals surface area (Å²) >= 11 is 0. The molecule has 1 N–H and O–H groups in total. The van der Waals surface area contributed by atoms with Gasteiger partial charge in [-0.15, -0.1) is 0 Å². The zero-order valence-corrected chi connectivity index (χ0v) is 6.35. The van der Waals surface area contributed by atoms with Crippen molar-refractivity contribution in [3.8, 4) is 0 Å². The standard InChI is InChI=1S/C6H11F3O2/c1-3-5(10)11-4(2)6(7,8)9/h4-5,10H,3H2,1-2H3. The highest BCUT2D eigenvalue weighted by atomic mass is 19.4. The van der Waals surface area contributed by atoms with E-state index in [0.29, 0.717) is 0 Å². The van der Waals surface area contributed by atoms with Crippen molar-refractivity contribution >= 4 is 0 Å². The summed E-state index contributed by atoms with van der Waals surface area (Å²) in [7, 11) is 0. The van der Waals surface area contributed by atoms with Crippen LogP contribution < -0.4 is 0 Å². The normalized spacial score (nSPS) is 18.0. The van der Waals surface area contributed by atoms with Crippen LogP contribution in [0.5, 0.6) is 0 Å². The minimum atomic E-state index is -4.39. The quantitative estimate of drug-likeness (QED) is 0.656. The van der Waals surface area contributed by atoms with Gasteiger partial charge in [-0.3, -0.25) is 0 Å². The monoisotopic (exact) mass is 172 g/mol. The Hall–Kier alpha value is -0.290. The zero-order chi connectivity index (χ0) is 9.07. The van der Waals surface area contributed by atoms with Gasteiger partial charge in [-0.1, -0.05) is 6.92 Å². The summed E-state index contributed by atoms with van der Waals surface area (Å²) in [6.07, 6.45) is -7.47. The predicted octanol–water partition coefficient (Wildman–Crippen LogP) is 1.68. The van der Waals surface area contributed by atoms with E-state index in [0.717, 1.165) is 6.92 Å². The van der Waals surface area contributed by atoms with Crippen LogP contribution >= 0.6 is 0 Å². The lowest BCUT2D eigenvalue weighted by Crippen LogP contribution is -2.32. The lowest BCUT2D eigenvalue weighted by atomic mass is 10.4. The first-order chi connectivity index (χ1) is 4.88. The Labute approximate surface area is 63.0 Å². The maximum Gasteiger partial charge on any atom is 0.414 e. The molecule has 11 heavy (non-hydrogen) atoms. The van der Waals surface area contributed by atoms with Crippen molar-refractivity contribution in [2.24, 2.45) is 0 Å². The summed E-state index contributed by atoms with van der Waals surface area (Å²) in [6.45, 7) is 2.40. The van der Waals surface area contributed by atoms with Crippen molar-refractivity contribution in [1.29, 1.82) is 0 Å². The first-order valence-electron chi connectivity index (χ1n) is 3.28. The van der Waals surface area contributed by atoms with Gasteiger partial charge in [0.15, 0.2) is 12.4 Å². The second kappa shape index (κ2) is 3.92. The van der Waals surface area contributed by atoms with E-state index in [1.807, 2.05) is 0 Å². The number of halogens is 3. The molecule has 0 aliphatic carbocycles. The molecule has 5 heteroatoms. The molecule has 0 fully saturated rings. The van der Waals surface area contributed by atoms with Gasteiger partial charge in [-0.2, -0.15) is 13.2 Å². The summed E-state index contributed by atoms with van der Waals surface area (Å²) in [6, 6.07) is 0. The minimum Gasteiger partial charge on any atom is -0.368 e. The van der Waals surface area contributed by atoms with Crippen molar-refractivity contribution in [2.45, 2.75) is 38.8 Å². The number of hydrogen-bond acceptors (Lipinski definition) is 2. The van der Waals surface area contributed by atoms with Crippen LogP contribution in [0.25, 0.3) is 0 Å². The van der Waals surface area contributed by atoms with E-state index < -0.39 is 18.6 Å². The minimum absolute atomic E-state index is 0.153. The first-order valence-corrected chi connectivity index (χ1v) is 3.28. The van der Waals surface area contributed by atoms with Crippen LogP contribution in [-0.4, -0.2) is 23.7 Å². The van der Waals surface area contributed by atoms with Gasteiger partial charge < -0.3 is 9.84 Å². The van der Waals surface area contributed by atoms with Gasteiger partial charge in [-0.25, -0.2) is 0 Å². The molecule has 0 saturated carbocycles. The SMILES string of the molecule is CCC(O)OC(C)C(F)(F)F. The molecule has 68 valence electrons. The van der Waals surface area contributed by atoms with Crippen molar-refractivity contribution in [3.05, 3.63) is 0 Å². The van der Waals surface area contributed by atoms with E-state index in [9.17, 15) is 13.2 Å². The van der Waals surface area contributed by atoms with Crippen LogP contribution in [0.1, 0.15) is 20.3 Å². The molecule has 0 aliphatic rings. The molecular formula is C6H11F3O2. The maximum absolute atomic E-state index is 11.7. The molecule has 0 aromatic heterocycles. The Morgan fingerprint density at radius 2 is 1.91 bits per heavy atom. The van der Waals surface area contributed by atoms with Gasteiger partial charge >= 0.3 is 6.18 Å². The van der Waals surface area contributed by atoms with Crippen LogP contribution in [0, 0.1) is 0 Å². The average Bonchev–Trinajstić information content (AvgIpc) is 1.85. The molecule has 0 amide bonds. The molecule has 2 nitrogen and oxygen atoms in total. The number of aliphatic hydroxyl groups is 1. The van der Waals surface area contributed by atoms with Crippen LogP contribution in [0.4, 0.5) is 13.2 Å². The van der Waals surface area contributed by atoms with Gasteiger partial charge in [-0.05, 0) is 13.3 Å². The molecule has 2 atom stereocenters. The van der Waals surface area contributed by atoms with E-state index in [2.05, 4.69) is 4.74 Å². The number of rotatable bonds is 3. The van der Waals surface area contributed by atoms with E-state index >= 15 is 0 Å². The second-order valence-electron chi connectivity index (χ2n) is 2.18. The van der Waals surface area contributed by atoms with Gasteiger partial charge in [0.25, 0.3) is 0 Å². The molecule has 0 aromatic carbocycles. The van der Waals surface area contributed by atoms with Crippen LogP contribution in [-0.2, 0) is 4.74 Å². The average molecular weight is 172 g/mol. The van der Waals surface area contributed by atoms with Gasteiger partial charge in [0.1, 0.15) is 0 Å². The third kappa shape index (κ3) is 4.21. The highest BCUT2D eigenvalue weighted by Gasteiger charge is 2.37.